The van der Waals surface area contributed by atoms with E-state index in [1.54, 1.807) is 18.3 Å². The summed E-state index contributed by atoms with van der Waals surface area (Å²) in [7, 11) is 0. The zero-order chi connectivity index (χ0) is 17.6. The van der Waals surface area contributed by atoms with Crippen molar-refractivity contribution >= 4 is 23.5 Å². The van der Waals surface area contributed by atoms with Gasteiger partial charge in [-0.15, -0.1) is 0 Å². The summed E-state index contributed by atoms with van der Waals surface area (Å²) in [4.78, 5) is 22.9. The normalized spacial score (nSPS) is 14.4. The fourth-order valence-corrected chi connectivity index (χ4v) is 2.70. The molecule has 0 bridgehead atoms. The van der Waals surface area contributed by atoms with Crippen LogP contribution in [0.25, 0.3) is 11.3 Å². The van der Waals surface area contributed by atoms with Gasteiger partial charge in [0.2, 0.25) is 5.95 Å². The van der Waals surface area contributed by atoms with Crippen LogP contribution in [-0.2, 0) is 4.74 Å². The number of hydrazine groups is 1. The minimum absolute atomic E-state index is 0.184. The van der Waals surface area contributed by atoms with Gasteiger partial charge in [0, 0.05) is 30.8 Å². The number of carbonyl (C=O) groups is 1. The third-order valence-corrected chi connectivity index (χ3v) is 4.10. The average Bonchev–Trinajstić information content (AvgIpc) is 2.67. The number of halogens is 1. The summed E-state index contributed by atoms with van der Waals surface area (Å²) < 4.78 is 5.36. The van der Waals surface area contributed by atoms with E-state index >= 15 is 0 Å². The van der Waals surface area contributed by atoms with Crippen LogP contribution in [0.4, 0.5) is 5.95 Å². The molecule has 0 radical (unpaired) electrons. The Morgan fingerprint density at radius 3 is 2.68 bits per heavy atom. The molecule has 2 heterocycles. The molecule has 25 heavy (non-hydrogen) atoms. The number of nitrogens with one attached hydrogen (secondary N) is 2. The minimum Gasteiger partial charge on any atom is -0.378 e. The Morgan fingerprint density at radius 1 is 1.28 bits per heavy atom. The van der Waals surface area contributed by atoms with E-state index in [0.717, 1.165) is 18.7 Å². The quantitative estimate of drug-likeness (QED) is 0.792. The maximum absolute atomic E-state index is 11.9. The Balaban J connectivity index is 1.82. The molecule has 0 aliphatic carbocycles. The second-order valence-corrected chi connectivity index (χ2v) is 5.93. The molecule has 1 aromatic heterocycles. The number of carbonyl (C=O) groups excluding carboxylic acids is 1. The van der Waals surface area contributed by atoms with E-state index in [1.165, 1.54) is 0 Å². The number of morpholine rings is 1. The Morgan fingerprint density at radius 2 is 2.00 bits per heavy atom. The van der Waals surface area contributed by atoms with Crippen LogP contribution < -0.4 is 15.8 Å². The molecule has 2 N–H and O–H groups in total. The zero-order valence-electron chi connectivity index (χ0n) is 14.0. The number of hydrogen-bond donors (Lipinski definition) is 2. The fourth-order valence-electron chi connectivity index (χ4n) is 2.50. The molecule has 7 nitrogen and oxygen atoms in total. The zero-order valence-corrected chi connectivity index (χ0v) is 14.7. The first-order chi connectivity index (χ1) is 12.2. The molecular formula is C17H20ClN5O2. The topological polar surface area (TPSA) is 79.4 Å². The van der Waals surface area contributed by atoms with Crippen LogP contribution in [0.15, 0.2) is 30.5 Å². The van der Waals surface area contributed by atoms with E-state index in [-0.39, 0.29) is 5.91 Å². The van der Waals surface area contributed by atoms with Gasteiger partial charge in [-0.2, -0.15) is 0 Å². The van der Waals surface area contributed by atoms with Gasteiger partial charge in [0.25, 0.3) is 5.91 Å². The molecule has 1 amide bonds. The van der Waals surface area contributed by atoms with Gasteiger partial charge >= 0.3 is 0 Å². The first-order valence-electron chi connectivity index (χ1n) is 8.18. The molecule has 2 aromatic rings. The number of aromatic nitrogens is 2. The van der Waals surface area contributed by atoms with E-state index in [4.69, 9.17) is 16.3 Å². The molecule has 1 fully saturated rings. The summed E-state index contributed by atoms with van der Waals surface area (Å²) in [6.45, 7) is 5.40. The smallest absolute Gasteiger partial charge is 0.265 e. The first-order valence-corrected chi connectivity index (χ1v) is 8.55. The van der Waals surface area contributed by atoms with Crippen molar-refractivity contribution in [1.82, 2.24) is 20.8 Å². The summed E-state index contributed by atoms with van der Waals surface area (Å²) in [5.41, 5.74) is 7.44. The van der Waals surface area contributed by atoms with E-state index in [1.807, 2.05) is 19.1 Å². The Kier molecular flexibility index (Phi) is 5.80. The Hall–Kier alpha value is -2.22. The van der Waals surface area contributed by atoms with E-state index in [2.05, 4.69) is 25.7 Å². The summed E-state index contributed by atoms with van der Waals surface area (Å²) >= 11 is 6.28. The van der Waals surface area contributed by atoms with Crippen molar-refractivity contribution in [2.75, 3.05) is 37.7 Å². The molecule has 1 saturated heterocycles. The minimum atomic E-state index is -0.184. The standard InChI is InChI=1S/C17H20ClN5O2/c1-2-20-22-16(24)13-5-3-12(4-6-13)15-14(18)11-19-17(21-15)23-7-9-25-10-8-23/h3-6,11,20H,2,7-10H2,1H3,(H,22,24). The van der Waals surface area contributed by atoms with Crippen LogP contribution in [0.1, 0.15) is 17.3 Å². The van der Waals surface area contributed by atoms with Gasteiger partial charge in [0.1, 0.15) is 0 Å². The van der Waals surface area contributed by atoms with Gasteiger partial charge in [-0.05, 0) is 12.1 Å². The third kappa shape index (κ3) is 4.25. The molecule has 8 heteroatoms. The first kappa shape index (κ1) is 17.6. The number of hydrogen-bond acceptors (Lipinski definition) is 6. The van der Waals surface area contributed by atoms with Crippen LogP contribution in [0.5, 0.6) is 0 Å². The molecule has 1 aromatic carbocycles. The summed E-state index contributed by atoms with van der Waals surface area (Å²) in [5, 5.41) is 0.474. The average molecular weight is 362 g/mol. The number of benzene rings is 1. The number of anilines is 1. The summed E-state index contributed by atoms with van der Waals surface area (Å²) in [6.07, 6.45) is 1.61. The van der Waals surface area contributed by atoms with Crippen molar-refractivity contribution in [2.24, 2.45) is 0 Å². The molecule has 1 aliphatic heterocycles. The van der Waals surface area contributed by atoms with Gasteiger partial charge in [0.15, 0.2) is 0 Å². The maximum atomic E-state index is 11.9. The van der Waals surface area contributed by atoms with Crippen molar-refractivity contribution in [3.05, 3.63) is 41.0 Å². The van der Waals surface area contributed by atoms with Crippen LogP contribution in [0, 0.1) is 0 Å². The van der Waals surface area contributed by atoms with Gasteiger partial charge in [0.05, 0.1) is 30.1 Å². The largest absolute Gasteiger partial charge is 0.378 e. The van der Waals surface area contributed by atoms with Gasteiger partial charge < -0.3 is 9.64 Å². The van der Waals surface area contributed by atoms with Crippen LogP contribution in [0.2, 0.25) is 5.02 Å². The molecule has 0 unspecified atom stereocenters. The van der Waals surface area contributed by atoms with E-state index in [0.29, 0.717) is 42.0 Å². The highest BCUT2D eigenvalue weighted by atomic mass is 35.5. The highest BCUT2D eigenvalue weighted by molar-refractivity contribution is 6.32. The third-order valence-electron chi connectivity index (χ3n) is 3.82. The van der Waals surface area contributed by atoms with Crippen molar-refractivity contribution in [2.45, 2.75) is 6.92 Å². The van der Waals surface area contributed by atoms with E-state index < -0.39 is 0 Å². The number of nitrogens with zero attached hydrogens (tertiary/aromatic N) is 3. The molecule has 0 spiro atoms. The lowest BCUT2D eigenvalue weighted by Gasteiger charge is -2.27. The lowest BCUT2D eigenvalue weighted by atomic mass is 10.1. The SMILES string of the molecule is CCNNC(=O)c1ccc(-c2nc(N3CCOCC3)ncc2Cl)cc1. The second-order valence-electron chi connectivity index (χ2n) is 5.53. The highest BCUT2D eigenvalue weighted by Crippen LogP contribution is 2.27. The monoisotopic (exact) mass is 361 g/mol. The van der Waals surface area contributed by atoms with Crippen molar-refractivity contribution in [3.63, 3.8) is 0 Å². The predicted molar refractivity (Wildman–Crippen MR) is 96.7 cm³/mol. The van der Waals surface area contributed by atoms with Crippen LogP contribution >= 0.6 is 11.6 Å². The lowest BCUT2D eigenvalue weighted by Crippen LogP contribution is -2.37. The predicted octanol–water partition coefficient (Wildman–Crippen LogP) is 1.89. The van der Waals surface area contributed by atoms with Crippen molar-refractivity contribution < 1.29 is 9.53 Å². The fraction of sp³-hybridized carbons (Fsp3) is 0.353. The maximum Gasteiger partial charge on any atom is 0.265 e. The number of amides is 1. The van der Waals surface area contributed by atoms with Gasteiger partial charge in [-0.3, -0.25) is 10.2 Å². The molecule has 3 rings (SSSR count). The van der Waals surface area contributed by atoms with E-state index in [9.17, 15) is 4.79 Å². The highest BCUT2D eigenvalue weighted by Gasteiger charge is 2.16. The van der Waals surface area contributed by atoms with Crippen LogP contribution in [0.3, 0.4) is 0 Å². The molecule has 0 saturated carbocycles. The number of rotatable bonds is 5. The Bertz CT molecular complexity index is 732. The van der Waals surface area contributed by atoms with Crippen molar-refractivity contribution in [3.8, 4) is 11.3 Å². The van der Waals surface area contributed by atoms with Crippen LogP contribution in [-0.4, -0.2) is 48.7 Å². The molecule has 0 atom stereocenters. The number of ether oxygens (including phenoxy) is 1. The molecular weight excluding hydrogens is 342 g/mol. The summed E-state index contributed by atoms with van der Waals surface area (Å²) in [5.74, 6) is 0.452. The second kappa shape index (κ2) is 8.24. The van der Waals surface area contributed by atoms with Crippen molar-refractivity contribution in [1.29, 1.82) is 0 Å². The van der Waals surface area contributed by atoms with Gasteiger partial charge in [-0.1, -0.05) is 30.7 Å². The molecule has 1 aliphatic rings. The summed E-state index contributed by atoms with van der Waals surface area (Å²) in [6, 6.07) is 7.15. The van der Waals surface area contributed by atoms with Gasteiger partial charge in [-0.25, -0.2) is 15.4 Å². The molecule has 132 valence electrons. The lowest BCUT2D eigenvalue weighted by molar-refractivity contribution is 0.0934. The Labute approximate surface area is 151 Å².